The molecule has 4 aromatic rings. The molecule has 24 heavy (non-hydrogen) atoms. The van der Waals surface area contributed by atoms with Crippen molar-refractivity contribution in [2.75, 3.05) is 0 Å². The Morgan fingerprint density at radius 3 is 2.88 bits per heavy atom. The van der Waals surface area contributed by atoms with Crippen molar-refractivity contribution in [1.29, 1.82) is 0 Å². The van der Waals surface area contributed by atoms with Crippen molar-refractivity contribution in [3.8, 4) is 11.4 Å². The maximum Gasteiger partial charge on any atom is 0.191 e. The normalized spacial score (nSPS) is 11.2. The Balaban J connectivity index is 1.61. The van der Waals surface area contributed by atoms with Gasteiger partial charge in [-0.15, -0.1) is 10.2 Å². The van der Waals surface area contributed by atoms with Crippen LogP contribution in [0.5, 0.6) is 0 Å². The van der Waals surface area contributed by atoms with Gasteiger partial charge in [0.05, 0.1) is 0 Å². The van der Waals surface area contributed by atoms with Crippen LogP contribution in [0.4, 0.5) is 0 Å². The zero-order chi connectivity index (χ0) is 16.5. The van der Waals surface area contributed by atoms with Crippen LogP contribution < -0.4 is 0 Å². The summed E-state index contributed by atoms with van der Waals surface area (Å²) in [6.45, 7) is 0. The molecule has 0 aliphatic heterocycles. The van der Waals surface area contributed by atoms with Gasteiger partial charge in [-0.05, 0) is 23.8 Å². The molecular weight excluding hydrogens is 340 g/mol. The molecule has 0 aliphatic rings. The Morgan fingerprint density at radius 1 is 1.12 bits per heavy atom. The van der Waals surface area contributed by atoms with E-state index in [-0.39, 0.29) is 0 Å². The average Bonchev–Trinajstić information content (AvgIpc) is 3.16. The first-order valence-electron chi connectivity index (χ1n) is 7.55. The number of fused-ring (bicyclic) bond motifs is 1. The third-order valence-electron chi connectivity index (χ3n) is 3.92. The summed E-state index contributed by atoms with van der Waals surface area (Å²) in [5.41, 5.74) is 3.34. The Bertz CT molecular complexity index is 1010. The third kappa shape index (κ3) is 2.81. The standard InChI is InChI=1S/C18H15ClN4S/c1-23-17(15-10-20-16-8-3-2-7-14(15)16)21-22-18(23)24-11-12-5-4-6-13(19)9-12/h2-10,20H,11H2,1H3. The van der Waals surface area contributed by atoms with Gasteiger partial charge in [-0.3, -0.25) is 0 Å². The van der Waals surface area contributed by atoms with Crippen molar-refractivity contribution in [1.82, 2.24) is 19.7 Å². The number of thioether (sulfide) groups is 1. The maximum atomic E-state index is 6.04. The van der Waals surface area contributed by atoms with E-state index in [9.17, 15) is 0 Å². The van der Waals surface area contributed by atoms with Gasteiger partial charge in [0.2, 0.25) is 0 Å². The van der Waals surface area contributed by atoms with Crippen molar-refractivity contribution in [2.24, 2.45) is 7.05 Å². The van der Waals surface area contributed by atoms with E-state index < -0.39 is 0 Å². The second-order valence-corrected chi connectivity index (χ2v) is 6.91. The third-order valence-corrected chi connectivity index (χ3v) is 5.25. The quantitative estimate of drug-likeness (QED) is 0.530. The lowest BCUT2D eigenvalue weighted by molar-refractivity contribution is 0.794. The molecule has 2 aromatic heterocycles. The number of nitrogens with zero attached hydrogens (tertiary/aromatic N) is 3. The summed E-state index contributed by atoms with van der Waals surface area (Å²) in [5.74, 6) is 1.67. The lowest BCUT2D eigenvalue weighted by Crippen LogP contribution is -1.94. The number of aromatic nitrogens is 4. The Labute approximate surface area is 148 Å². The zero-order valence-electron chi connectivity index (χ0n) is 13.0. The average molecular weight is 355 g/mol. The van der Waals surface area contributed by atoms with Gasteiger partial charge in [-0.25, -0.2) is 0 Å². The Kier molecular flexibility index (Phi) is 4.04. The minimum absolute atomic E-state index is 0.755. The summed E-state index contributed by atoms with van der Waals surface area (Å²) in [5, 5.41) is 11.5. The molecule has 1 N–H and O–H groups in total. The first-order valence-corrected chi connectivity index (χ1v) is 8.92. The van der Waals surface area contributed by atoms with E-state index in [1.807, 2.05) is 48.1 Å². The molecule has 4 nitrogen and oxygen atoms in total. The van der Waals surface area contributed by atoms with Gasteiger partial charge in [-0.2, -0.15) is 0 Å². The molecule has 0 atom stereocenters. The predicted octanol–water partition coefficient (Wildman–Crippen LogP) is 4.91. The lowest BCUT2D eigenvalue weighted by Gasteiger charge is -2.04. The Morgan fingerprint density at radius 2 is 2.00 bits per heavy atom. The fourth-order valence-corrected chi connectivity index (χ4v) is 3.77. The van der Waals surface area contributed by atoms with Gasteiger partial charge in [0.25, 0.3) is 0 Å². The van der Waals surface area contributed by atoms with Crippen LogP contribution in [0.25, 0.3) is 22.3 Å². The fourth-order valence-electron chi connectivity index (χ4n) is 2.71. The van der Waals surface area contributed by atoms with Crippen molar-refractivity contribution in [3.05, 3.63) is 65.3 Å². The van der Waals surface area contributed by atoms with Gasteiger partial charge in [0, 0.05) is 40.5 Å². The smallest absolute Gasteiger partial charge is 0.191 e. The lowest BCUT2D eigenvalue weighted by atomic mass is 10.1. The van der Waals surface area contributed by atoms with Gasteiger partial charge >= 0.3 is 0 Å². The summed E-state index contributed by atoms with van der Waals surface area (Å²) in [7, 11) is 2.00. The van der Waals surface area contributed by atoms with Crippen LogP contribution in [0.15, 0.2) is 59.9 Å². The van der Waals surface area contributed by atoms with E-state index in [0.29, 0.717) is 0 Å². The number of hydrogen-bond acceptors (Lipinski definition) is 3. The number of aromatic amines is 1. The Hall–Kier alpha value is -2.24. The van der Waals surface area contributed by atoms with Crippen LogP contribution in [-0.4, -0.2) is 19.7 Å². The monoisotopic (exact) mass is 354 g/mol. The van der Waals surface area contributed by atoms with Crippen LogP contribution in [0, 0.1) is 0 Å². The summed E-state index contributed by atoms with van der Waals surface area (Å²) < 4.78 is 2.03. The molecule has 0 fully saturated rings. The van der Waals surface area contributed by atoms with Crippen molar-refractivity contribution in [3.63, 3.8) is 0 Å². The SMILES string of the molecule is Cn1c(SCc2cccc(Cl)c2)nnc1-c1c[nH]c2ccccc12. The molecule has 0 saturated carbocycles. The van der Waals surface area contributed by atoms with E-state index in [0.717, 1.165) is 38.2 Å². The summed E-state index contributed by atoms with van der Waals surface area (Å²) in [6.07, 6.45) is 1.99. The number of nitrogens with one attached hydrogen (secondary N) is 1. The molecular formula is C18H15ClN4S. The topological polar surface area (TPSA) is 46.5 Å². The van der Waals surface area contributed by atoms with Crippen molar-refractivity contribution < 1.29 is 0 Å². The minimum atomic E-state index is 0.755. The van der Waals surface area contributed by atoms with Crippen molar-refractivity contribution in [2.45, 2.75) is 10.9 Å². The van der Waals surface area contributed by atoms with Crippen LogP contribution in [-0.2, 0) is 12.8 Å². The molecule has 0 saturated heterocycles. The fraction of sp³-hybridized carbons (Fsp3) is 0.111. The highest BCUT2D eigenvalue weighted by Crippen LogP contribution is 2.30. The molecule has 2 heterocycles. The van der Waals surface area contributed by atoms with Crippen LogP contribution in [0.3, 0.4) is 0 Å². The van der Waals surface area contributed by atoms with Gasteiger partial charge < -0.3 is 9.55 Å². The van der Waals surface area contributed by atoms with E-state index in [1.54, 1.807) is 11.8 Å². The molecule has 0 aliphatic carbocycles. The highest BCUT2D eigenvalue weighted by Gasteiger charge is 2.14. The molecule has 0 radical (unpaired) electrons. The van der Waals surface area contributed by atoms with Crippen LogP contribution >= 0.6 is 23.4 Å². The molecule has 120 valence electrons. The molecule has 0 bridgehead atoms. The number of halogens is 1. The number of para-hydroxylation sites is 1. The largest absolute Gasteiger partial charge is 0.360 e. The van der Waals surface area contributed by atoms with Crippen LogP contribution in [0.2, 0.25) is 5.02 Å². The molecule has 0 amide bonds. The van der Waals surface area contributed by atoms with Crippen LogP contribution in [0.1, 0.15) is 5.56 Å². The minimum Gasteiger partial charge on any atom is -0.360 e. The summed E-state index contributed by atoms with van der Waals surface area (Å²) in [6, 6.07) is 16.1. The number of benzene rings is 2. The second-order valence-electron chi connectivity index (χ2n) is 5.53. The molecule has 2 aromatic carbocycles. The number of H-pyrrole nitrogens is 1. The van der Waals surface area contributed by atoms with E-state index in [4.69, 9.17) is 11.6 Å². The van der Waals surface area contributed by atoms with Gasteiger partial charge in [-0.1, -0.05) is 53.7 Å². The number of hydrogen-bond donors (Lipinski definition) is 1. The second kappa shape index (κ2) is 6.34. The zero-order valence-corrected chi connectivity index (χ0v) is 14.6. The summed E-state index contributed by atoms with van der Waals surface area (Å²) in [4.78, 5) is 3.28. The highest BCUT2D eigenvalue weighted by atomic mass is 35.5. The molecule has 0 spiro atoms. The number of rotatable bonds is 4. The van der Waals surface area contributed by atoms with Gasteiger partial charge in [0.15, 0.2) is 11.0 Å². The van der Waals surface area contributed by atoms with Crippen molar-refractivity contribution >= 4 is 34.3 Å². The highest BCUT2D eigenvalue weighted by molar-refractivity contribution is 7.98. The first kappa shape index (κ1) is 15.3. The molecule has 4 rings (SSSR count). The summed E-state index contributed by atoms with van der Waals surface area (Å²) >= 11 is 7.69. The first-order chi connectivity index (χ1) is 11.7. The van der Waals surface area contributed by atoms with Gasteiger partial charge in [0.1, 0.15) is 0 Å². The predicted molar refractivity (Wildman–Crippen MR) is 99.3 cm³/mol. The van der Waals surface area contributed by atoms with E-state index in [2.05, 4.69) is 33.4 Å². The molecule has 6 heteroatoms. The molecule has 0 unspecified atom stereocenters. The van der Waals surface area contributed by atoms with E-state index in [1.165, 1.54) is 5.56 Å². The maximum absolute atomic E-state index is 6.04. The van der Waals surface area contributed by atoms with E-state index >= 15 is 0 Å².